The fourth-order valence-electron chi connectivity index (χ4n) is 5.12. The minimum atomic E-state index is -0.628. The zero-order valence-corrected chi connectivity index (χ0v) is 20.3. The molecule has 3 aliphatic heterocycles. The van der Waals surface area contributed by atoms with Gasteiger partial charge in [0.25, 0.3) is 5.91 Å². The van der Waals surface area contributed by atoms with E-state index in [-0.39, 0.29) is 36.0 Å². The highest BCUT2D eigenvalue weighted by atomic mass is 19.1. The summed E-state index contributed by atoms with van der Waals surface area (Å²) in [5, 5.41) is 2.57. The number of carbonyl (C=O) groups excluding carboxylic acids is 3. The van der Waals surface area contributed by atoms with Crippen LogP contribution in [0.3, 0.4) is 0 Å². The molecule has 0 unspecified atom stereocenters. The summed E-state index contributed by atoms with van der Waals surface area (Å²) in [6.45, 7) is 2.98. The molecule has 0 atom stereocenters. The molecule has 0 spiro atoms. The normalized spacial score (nSPS) is 17.4. The van der Waals surface area contributed by atoms with Gasteiger partial charge >= 0.3 is 0 Å². The Morgan fingerprint density at radius 3 is 2.44 bits per heavy atom. The molecule has 0 saturated carbocycles. The van der Waals surface area contributed by atoms with E-state index in [1.54, 1.807) is 11.0 Å². The summed E-state index contributed by atoms with van der Waals surface area (Å²) >= 11 is 0. The molecule has 5 rings (SSSR count). The van der Waals surface area contributed by atoms with E-state index in [2.05, 4.69) is 10.2 Å². The number of ketones is 1. The average molecular weight is 494 g/mol. The Kier molecular flexibility index (Phi) is 6.36. The molecular weight excluding hydrogens is 465 g/mol. The Bertz CT molecular complexity index is 1250. The number of methoxy groups -OCH3 is 1. The quantitative estimate of drug-likeness (QED) is 0.640. The van der Waals surface area contributed by atoms with Crippen LogP contribution in [0.25, 0.3) is 0 Å². The van der Waals surface area contributed by atoms with Gasteiger partial charge in [-0.2, -0.15) is 0 Å². The van der Waals surface area contributed by atoms with Gasteiger partial charge < -0.3 is 29.7 Å². The Labute approximate surface area is 208 Å². The number of fused-ring (bicyclic) bond motifs is 3. The molecule has 0 bridgehead atoms. The Balaban J connectivity index is 1.46. The number of halogens is 1. The Morgan fingerprint density at radius 1 is 1.00 bits per heavy atom. The number of carbonyl (C=O) groups is 3. The highest BCUT2D eigenvalue weighted by Gasteiger charge is 2.41. The fourth-order valence-corrected chi connectivity index (χ4v) is 5.12. The highest BCUT2D eigenvalue weighted by molar-refractivity contribution is 6.26. The largest absolute Gasteiger partial charge is 0.375 e. The first kappa shape index (κ1) is 23.8. The van der Waals surface area contributed by atoms with E-state index in [1.165, 1.54) is 25.3 Å². The van der Waals surface area contributed by atoms with Crippen LogP contribution in [0.5, 0.6) is 0 Å². The zero-order valence-electron chi connectivity index (χ0n) is 20.3. The zero-order chi connectivity index (χ0) is 25.4. The predicted molar refractivity (Wildman–Crippen MR) is 135 cm³/mol. The smallest absolute Gasteiger partial charge is 0.263 e. The van der Waals surface area contributed by atoms with Crippen LogP contribution in [0, 0.1) is 5.82 Å². The molecule has 3 aliphatic rings. The van der Waals surface area contributed by atoms with E-state index >= 15 is 0 Å². The number of rotatable bonds is 5. The maximum Gasteiger partial charge on any atom is 0.263 e. The lowest BCUT2D eigenvalue weighted by Crippen LogP contribution is -2.49. The van der Waals surface area contributed by atoms with Gasteiger partial charge in [-0.1, -0.05) is 18.2 Å². The minimum Gasteiger partial charge on any atom is -0.375 e. The number of nitrogens with one attached hydrogen (secondary N) is 1. The van der Waals surface area contributed by atoms with Gasteiger partial charge in [-0.05, 0) is 24.3 Å². The van der Waals surface area contributed by atoms with Crippen molar-refractivity contribution in [1.82, 2.24) is 4.90 Å². The highest BCUT2D eigenvalue weighted by Crippen LogP contribution is 2.49. The molecule has 0 aliphatic carbocycles. The van der Waals surface area contributed by atoms with Gasteiger partial charge in [0.15, 0.2) is 5.78 Å². The van der Waals surface area contributed by atoms with Gasteiger partial charge in [0.05, 0.1) is 22.7 Å². The molecule has 1 N–H and O–H groups in total. The van der Waals surface area contributed by atoms with Crippen molar-refractivity contribution >= 4 is 40.3 Å². The van der Waals surface area contributed by atoms with Crippen molar-refractivity contribution in [2.75, 3.05) is 73.5 Å². The van der Waals surface area contributed by atoms with Gasteiger partial charge in [-0.25, -0.2) is 4.39 Å². The SMILES string of the molecule is COCC(=O)N1CCN(c2cccc3c2N(C)C2=C(C(=O)Nc4ccccc4F)C(=O)CCN23)CC1. The van der Waals surface area contributed by atoms with Crippen molar-refractivity contribution in [2.24, 2.45) is 0 Å². The molecule has 1 fully saturated rings. The molecular formula is C26H28FN5O4. The third-order valence-electron chi connectivity index (χ3n) is 6.85. The predicted octanol–water partition coefficient (Wildman–Crippen LogP) is 2.20. The minimum absolute atomic E-state index is 0.0177. The second-order valence-corrected chi connectivity index (χ2v) is 8.96. The van der Waals surface area contributed by atoms with E-state index in [4.69, 9.17) is 4.74 Å². The summed E-state index contributed by atoms with van der Waals surface area (Å²) < 4.78 is 19.2. The number of anilines is 4. The number of hydrogen-bond donors (Lipinski definition) is 1. The third kappa shape index (κ3) is 4.07. The monoisotopic (exact) mass is 493 g/mol. The molecule has 2 amide bonds. The van der Waals surface area contributed by atoms with Crippen LogP contribution in [-0.4, -0.2) is 76.0 Å². The van der Waals surface area contributed by atoms with Crippen molar-refractivity contribution in [2.45, 2.75) is 6.42 Å². The van der Waals surface area contributed by atoms with Crippen LogP contribution in [0.2, 0.25) is 0 Å². The van der Waals surface area contributed by atoms with Crippen LogP contribution >= 0.6 is 0 Å². The van der Waals surface area contributed by atoms with E-state index in [1.807, 2.05) is 35.0 Å². The molecule has 10 heteroatoms. The first-order valence-corrected chi connectivity index (χ1v) is 11.9. The van der Waals surface area contributed by atoms with Crippen molar-refractivity contribution in [1.29, 1.82) is 0 Å². The van der Waals surface area contributed by atoms with E-state index in [9.17, 15) is 18.8 Å². The van der Waals surface area contributed by atoms with E-state index in [0.29, 0.717) is 38.5 Å². The first-order chi connectivity index (χ1) is 17.4. The second-order valence-electron chi connectivity index (χ2n) is 8.96. The number of benzene rings is 2. The third-order valence-corrected chi connectivity index (χ3v) is 6.85. The van der Waals surface area contributed by atoms with E-state index in [0.717, 1.165) is 17.1 Å². The van der Waals surface area contributed by atoms with Gasteiger partial charge in [-0.3, -0.25) is 14.4 Å². The number of ether oxygens (including phenoxy) is 1. The van der Waals surface area contributed by atoms with Gasteiger partial charge in [0, 0.05) is 53.3 Å². The maximum atomic E-state index is 14.2. The second kappa shape index (κ2) is 9.62. The van der Waals surface area contributed by atoms with E-state index < -0.39 is 11.7 Å². The van der Waals surface area contributed by atoms with Crippen LogP contribution < -0.4 is 20.0 Å². The topological polar surface area (TPSA) is 85.4 Å². The molecule has 0 radical (unpaired) electrons. The van der Waals surface area contributed by atoms with Crippen LogP contribution in [-0.2, 0) is 19.1 Å². The molecule has 2 aromatic rings. The standard InChI is InChI=1S/C26H28FN5O4/c1-29-24-19(30-12-14-31(15-13-30)22(34)16-36-2)8-5-9-20(24)32-11-10-21(33)23(26(29)32)25(35)28-18-7-4-3-6-17(18)27/h3-9H,10-16H2,1-2H3,(H,28,35). The number of hydrogen-bond acceptors (Lipinski definition) is 7. The van der Waals surface area contributed by atoms with Gasteiger partial charge in [0.1, 0.15) is 23.8 Å². The van der Waals surface area contributed by atoms with Crippen LogP contribution in [0.15, 0.2) is 53.9 Å². The van der Waals surface area contributed by atoms with Crippen molar-refractivity contribution in [3.63, 3.8) is 0 Å². The lowest BCUT2D eigenvalue weighted by atomic mass is 10.0. The molecule has 3 heterocycles. The number of nitrogens with zero attached hydrogens (tertiary/aromatic N) is 4. The van der Waals surface area contributed by atoms with Crippen LogP contribution in [0.4, 0.5) is 27.1 Å². The molecule has 0 aromatic heterocycles. The van der Waals surface area contributed by atoms with Crippen LogP contribution in [0.1, 0.15) is 6.42 Å². The maximum absolute atomic E-state index is 14.2. The molecule has 36 heavy (non-hydrogen) atoms. The van der Waals surface area contributed by atoms with Crippen molar-refractivity contribution in [3.8, 4) is 0 Å². The van der Waals surface area contributed by atoms with Crippen molar-refractivity contribution < 1.29 is 23.5 Å². The molecule has 188 valence electrons. The van der Waals surface area contributed by atoms with Crippen molar-refractivity contribution in [3.05, 3.63) is 59.7 Å². The Hall–Kier alpha value is -3.92. The first-order valence-electron chi connectivity index (χ1n) is 11.9. The molecule has 1 saturated heterocycles. The molecule has 9 nitrogen and oxygen atoms in total. The lowest BCUT2D eigenvalue weighted by molar-refractivity contribution is -0.135. The number of amides is 2. The number of piperazine rings is 1. The fraction of sp³-hybridized carbons (Fsp3) is 0.346. The lowest BCUT2D eigenvalue weighted by Gasteiger charge is -2.37. The summed E-state index contributed by atoms with van der Waals surface area (Å²) in [6.07, 6.45) is 0.182. The summed E-state index contributed by atoms with van der Waals surface area (Å²) in [6, 6.07) is 11.8. The summed E-state index contributed by atoms with van der Waals surface area (Å²) in [5.74, 6) is -1.00. The number of para-hydroxylation sites is 2. The van der Waals surface area contributed by atoms with Gasteiger partial charge in [-0.15, -0.1) is 0 Å². The average Bonchev–Trinajstić information content (AvgIpc) is 3.17. The van der Waals surface area contributed by atoms with Gasteiger partial charge in [0.2, 0.25) is 5.91 Å². The number of Topliss-reactive ketones (excluding diaryl/α,β-unsaturated/α-hetero) is 1. The summed E-state index contributed by atoms with van der Waals surface area (Å²) in [4.78, 5) is 46.3. The Morgan fingerprint density at radius 2 is 1.72 bits per heavy atom. The summed E-state index contributed by atoms with van der Waals surface area (Å²) in [5.41, 5.74) is 2.82. The summed E-state index contributed by atoms with van der Waals surface area (Å²) in [7, 11) is 3.35. The molecule has 2 aromatic carbocycles.